The molecule has 23 atom stereocenters. The maximum Gasteiger partial charge on any atom is 0.333 e. The van der Waals surface area contributed by atoms with Gasteiger partial charge >= 0.3 is 5.97 Å². The smallest absolute Gasteiger partial charge is 0.333 e. The number of aliphatic hydroxyl groups is 6. The minimum Gasteiger partial charge on any atom is -0.459 e. The van der Waals surface area contributed by atoms with Gasteiger partial charge in [-0.05, 0) is 73.8 Å². The Hall–Kier alpha value is -2.51. The average molecular weight is 1080 g/mol. The molecule has 0 amide bonds. The predicted octanol–water partition coefficient (Wildman–Crippen LogP) is 5.26. The maximum absolute atomic E-state index is 14.1. The Morgan fingerprint density at radius 3 is 2.09 bits per heavy atom. The van der Waals surface area contributed by atoms with E-state index in [9.17, 15) is 35.4 Å². The topological polar surface area (TPSA) is 249 Å². The minimum atomic E-state index is -1.95. The first kappa shape index (κ1) is 64.3. The second-order valence-corrected chi connectivity index (χ2v) is 22.1. The monoisotopic (exact) mass is 1080 g/mol. The van der Waals surface area contributed by atoms with E-state index in [1.165, 1.54) is 21.3 Å². The second-order valence-electron chi connectivity index (χ2n) is 22.1. The van der Waals surface area contributed by atoms with Crippen LogP contribution in [0.15, 0.2) is 58.7 Å². The van der Waals surface area contributed by atoms with Gasteiger partial charge in [-0.25, -0.2) is 4.79 Å². The average Bonchev–Trinajstić information content (AvgIpc) is 3.35. The summed E-state index contributed by atoms with van der Waals surface area (Å²) in [6.07, 6.45) is -0.567. The number of esters is 1. The third kappa shape index (κ3) is 17.5. The molecule has 436 valence electrons. The van der Waals surface area contributed by atoms with Crippen LogP contribution in [0.2, 0.25) is 0 Å². The molecule has 0 aromatic carbocycles. The molecule has 6 N–H and O–H groups in total. The Morgan fingerprint density at radius 2 is 1.43 bits per heavy atom. The van der Waals surface area contributed by atoms with Gasteiger partial charge < -0.3 is 87.5 Å². The molecular formula is C57H94O19. The Kier molecular flexibility index (Phi) is 25.2. The highest BCUT2D eigenvalue weighted by atomic mass is 16.7. The van der Waals surface area contributed by atoms with E-state index < -0.39 is 134 Å². The van der Waals surface area contributed by atoms with Crippen LogP contribution in [0.25, 0.3) is 0 Å². The first-order valence-electron chi connectivity index (χ1n) is 27.3. The number of carbonyl (C=O) groups is 1. The highest BCUT2D eigenvalue weighted by Gasteiger charge is 2.52. The zero-order valence-corrected chi connectivity index (χ0v) is 47.5. The van der Waals surface area contributed by atoms with Crippen LogP contribution in [0, 0.1) is 17.8 Å². The van der Waals surface area contributed by atoms with E-state index in [0.29, 0.717) is 18.4 Å². The molecule has 19 heteroatoms. The Labute approximate surface area is 451 Å². The number of ether oxygens (including phenoxy) is 12. The molecule has 0 aromatic rings. The van der Waals surface area contributed by atoms with Gasteiger partial charge in [0.05, 0.1) is 67.6 Å². The fourth-order valence-electron chi connectivity index (χ4n) is 11.2. The fraction of sp³-hybridized carbons (Fsp3) is 0.807. The van der Waals surface area contributed by atoms with Crippen LogP contribution >= 0.6 is 0 Å². The summed E-state index contributed by atoms with van der Waals surface area (Å²) in [5.74, 6) is -4.02. The number of rotatable bonds is 15. The van der Waals surface area contributed by atoms with Crippen molar-refractivity contribution in [2.24, 2.45) is 17.8 Å². The van der Waals surface area contributed by atoms with Crippen molar-refractivity contribution in [2.45, 2.75) is 243 Å². The molecule has 1 unspecified atom stereocenters. The SMILES string of the molecule is COC[C@@H](C[C@H]1O[C@@](O)(CC2C[C@H](OC)CCC/C=C(C)/C=C/[C@@H](O[C@@H]3O[C@@H](C)[C@H](OC)[C@@H](O)[C@@H]3O)[C@H](C)/C=C(C)/C=C(C)/C=C(\C)C(=O)O2)[C@H](C)[C@@H](O)[C@H]1C)O[C@H]1C[C@@H](O)[C@H](O[C@H]2C[C@H](OC)[C@@H](O)[C@@H](C)O2)[C@H](C)O1. The quantitative estimate of drug-likeness (QED) is 0.115. The van der Waals surface area contributed by atoms with Gasteiger partial charge in [0.25, 0.3) is 0 Å². The van der Waals surface area contributed by atoms with Crippen molar-refractivity contribution in [3.05, 3.63) is 58.7 Å². The molecule has 0 spiro atoms. The van der Waals surface area contributed by atoms with E-state index in [4.69, 9.17) is 56.8 Å². The molecule has 19 nitrogen and oxygen atoms in total. The molecule has 0 saturated carbocycles. The largest absolute Gasteiger partial charge is 0.459 e. The van der Waals surface area contributed by atoms with Crippen LogP contribution in [0.5, 0.6) is 0 Å². The molecule has 4 saturated heterocycles. The Morgan fingerprint density at radius 1 is 0.737 bits per heavy atom. The number of hydrogen-bond donors (Lipinski definition) is 6. The van der Waals surface area contributed by atoms with E-state index in [2.05, 4.69) is 6.08 Å². The third-order valence-electron chi connectivity index (χ3n) is 15.8. The summed E-state index contributed by atoms with van der Waals surface area (Å²) >= 11 is 0. The summed E-state index contributed by atoms with van der Waals surface area (Å²) in [7, 11) is 6.12. The Balaban J connectivity index is 1.32. The highest BCUT2D eigenvalue weighted by Crippen LogP contribution is 2.42. The van der Waals surface area contributed by atoms with Gasteiger partial charge in [-0.1, -0.05) is 67.9 Å². The van der Waals surface area contributed by atoms with Gasteiger partial charge in [0.1, 0.15) is 36.6 Å². The number of hydrogen-bond acceptors (Lipinski definition) is 19. The van der Waals surface area contributed by atoms with E-state index in [1.807, 2.05) is 58.9 Å². The van der Waals surface area contributed by atoms with Gasteiger partial charge in [-0.2, -0.15) is 0 Å². The lowest BCUT2D eigenvalue weighted by atomic mass is 9.77. The first-order chi connectivity index (χ1) is 35.9. The number of methoxy groups -OCH3 is 4. The van der Waals surface area contributed by atoms with Crippen LogP contribution in [0.3, 0.4) is 0 Å². The van der Waals surface area contributed by atoms with Crippen molar-refractivity contribution in [3.63, 3.8) is 0 Å². The molecule has 5 rings (SSSR count). The summed E-state index contributed by atoms with van der Waals surface area (Å²) in [4.78, 5) is 14.1. The van der Waals surface area contributed by atoms with Crippen LogP contribution < -0.4 is 0 Å². The minimum absolute atomic E-state index is 0.0692. The summed E-state index contributed by atoms with van der Waals surface area (Å²) in [5, 5.41) is 67.9. The standard InChI is InChI=1S/C57H94O19/c1-30-17-15-16-18-40(66-12)24-41(73-55(63)34(5)23-32(3)21-31(2)22-33(4)44(20-19-30)74-56-52(62)51(61)54(68-14)39(10)71-56)28-57(64)36(7)49(59)35(6)45(76-57)25-42(29-65-11)72-47-26-43(58)53(38(9)70-47)75-48-27-46(67-13)50(60)37(8)69-48/h17,19-23,33,35-54,56,58-62,64H,15-16,18,24-29H2,1-14H3/b20-19+,30-17+,31-22+,32-21+,34-23+/t33-,35+,36-,37-,38+,39+,40-,41?,42-,43-,44-,45-,46+,47+,48+,49+,50+,51+,52+,53-,54+,56+,57+/m1/s1. The molecule has 0 radical (unpaired) electrons. The maximum atomic E-state index is 14.1. The molecular weight excluding hydrogens is 989 g/mol. The lowest BCUT2D eigenvalue weighted by molar-refractivity contribution is -0.336. The number of cyclic esters (lactones) is 1. The van der Waals surface area contributed by atoms with Gasteiger partial charge in [0.15, 0.2) is 24.7 Å². The van der Waals surface area contributed by atoms with E-state index in [-0.39, 0.29) is 50.7 Å². The number of allylic oxidation sites excluding steroid dienone is 7. The summed E-state index contributed by atoms with van der Waals surface area (Å²) in [5.41, 5.74) is 2.97. The molecule has 4 fully saturated rings. The van der Waals surface area contributed by atoms with Crippen molar-refractivity contribution >= 4 is 5.97 Å². The normalized spacial score (nSPS) is 45.6. The van der Waals surface area contributed by atoms with Crippen molar-refractivity contribution in [2.75, 3.05) is 35.0 Å². The van der Waals surface area contributed by atoms with E-state index in [0.717, 1.165) is 23.1 Å². The molecule has 5 heterocycles. The van der Waals surface area contributed by atoms with Gasteiger partial charge in [0.2, 0.25) is 0 Å². The first-order valence-corrected chi connectivity index (χ1v) is 27.3. The van der Waals surface area contributed by atoms with Crippen molar-refractivity contribution in [3.8, 4) is 0 Å². The van der Waals surface area contributed by atoms with Gasteiger partial charge in [-0.15, -0.1) is 0 Å². The van der Waals surface area contributed by atoms with Crippen LogP contribution in [-0.2, 0) is 61.6 Å². The van der Waals surface area contributed by atoms with E-state index >= 15 is 0 Å². The van der Waals surface area contributed by atoms with Crippen LogP contribution in [-0.4, -0.2) is 194 Å². The number of carbonyl (C=O) groups excluding carboxylic acids is 1. The molecule has 0 aliphatic carbocycles. The van der Waals surface area contributed by atoms with Crippen molar-refractivity contribution < 1.29 is 92.3 Å². The van der Waals surface area contributed by atoms with Gasteiger partial charge in [0, 0.05) is 83.9 Å². The molecule has 76 heavy (non-hydrogen) atoms. The lowest BCUT2D eigenvalue weighted by Gasteiger charge is -2.49. The number of aliphatic hydroxyl groups excluding tert-OH is 5. The molecule has 0 aromatic heterocycles. The predicted molar refractivity (Wildman–Crippen MR) is 280 cm³/mol. The van der Waals surface area contributed by atoms with Crippen molar-refractivity contribution in [1.29, 1.82) is 0 Å². The summed E-state index contributed by atoms with van der Waals surface area (Å²) < 4.78 is 72.5. The zero-order chi connectivity index (χ0) is 56.2. The highest BCUT2D eigenvalue weighted by molar-refractivity contribution is 5.88. The Bertz CT molecular complexity index is 1950. The third-order valence-corrected chi connectivity index (χ3v) is 15.8. The second kappa shape index (κ2) is 29.8. The van der Waals surface area contributed by atoms with Crippen LogP contribution in [0.4, 0.5) is 0 Å². The van der Waals surface area contributed by atoms with E-state index in [1.54, 1.807) is 47.8 Å². The fourth-order valence-corrected chi connectivity index (χ4v) is 11.2. The summed E-state index contributed by atoms with van der Waals surface area (Å²) in [6.45, 7) is 18.4. The van der Waals surface area contributed by atoms with Crippen LogP contribution in [0.1, 0.15) is 121 Å². The molecule has 5 aliphatic rings. The lowest BCUT2D eigenvalue weighted by Crippen LogP contribution is -2.59. The molecule has 5 aliphatic heterocycles. The summed E-state index contributed by atoms with van der Waals surface area (Å²) in [6, 6.07) is 0. The van der Waals surface area contributed by atoms with Crippen molar-refractivity contribution in [1.82, 2.24) is 0 Å². The molecule has 0 bridgehead atoms. The zero-order valence-electron chi connectivity index (χ0n) is 47.5. The van der Waals surface area contributed by atoms with Gasteiger partial charge in [-0.3, -0.25) is 0 Å².